The molecule has 1 aromatic heterocycles. The number of nitrogens with one attached hydrogen (secondary N) is 1. The minimum atomic E-state index is 0.302. The summed E-state index contributed by atoms with van der Waals surface area (Å²) in [5, 5.41) is 3.82. The summed E-state index contributed by atoms with van der Waals surface area (Å²) in [5.41, 5.74) is 7.16. The quantitative estimate of drug-likeness (QED) is 0.826. The van der Waals surface area contributed by atoms with Crippen LogP contribution >= 0.6 is 46.8 Å². The van der Waals surface area contributed by atoms with Crippen molar-refractivity contribution in [2.24, 2.45) is 5.73 Å². The lowest BCUT2D eigenvalue weighted by Gasteiger charge is -2.08. The molecular weight excluding hydrogens is 307 g/mol. The van der Waals surface area contributed by atoms with Crippen molar-refractivity contribution in [2.45, 2.75) is 6.54 Å². The molecule has 2 aromatic rings. The molecule has 0 atom stereocenters. The second kappa shape index (κ2) is 5.89. The van der Waals surface area contributed by atoms with Crippen LogP contribution in [0.5, 0.6) is 0 Å². The van der Waals surface area contributed by atoms with Crippen molar-refractivity contribution in [3.05, 3.63) is 50.1 Å². The van der Waals surface area contributed by atoms with Gasteiger partial charge in [-0.25, -0.2) is 0 Å². The number of rotatable bonds is 4. The van der Waals surface area contributed by atoms with Gasteiger partial charge in [0.1, 0.15) is 4.99 Å². The van der Waals surface area contributed by atoms with Crippen LogP contribution in [0, 0.1) is 0 Å². The molecule has 2 nitrogen and oxygen atoms in total. The Bertz CT molecular complexity index is 581. The number of halogens is 2. The van der Waals surface area contributed by atoms with Crippen LogP contribution in [0.25, 0.3) is 0 Å². The van der Waals surface area contributed by atoms with E-state index in [9.17, 15) is 0 Å². The lowest BCUT2D eigenvalue weighted by Crippen LogP contribution is -2.10. The SMILES string of the molecule is NC(=S)c1ccc(NCc2ccc(Cl)s2)cc1Cl. The molecule has 18 heavy (non-hydrogen) atoms. The van der Waals surface area contributed by atoms with Crippen molar-refractivity contribution < 1.29 is 0 Å². The largest absolute Gasteiger partial charge is 0.389 e. The minimum absolute atomic E-state index is 0.302. The van der Waals surface area contributed by atoms with E-state index in [-0.39, 0.29) is 0 Å². The second-order valence-corrected chi connectivity index (χ2v) is 6.26. The van der Waals surface area contributed by atoms with Crippen LogP contribution in [-0.2, 0) is 6.54 Å². The molecule has 0 fully saturated rings. The molecule has 0 radical (unpaired) electrons. The Morgan fingerprint density at radius 3 is 2.61 bits per heavy atom. The molecule has 0 bridgehead atoms. The number of thiophene rings is 1. The van der Waals surface area contributed by atoms with Gasteiger partial charge >= 0.3 is 0 Å². The molecule has 1 aromatic carbocycles. The molecule has 94 valence electrons. The summed E-state index contributed by atoms with van der Waals surface area (Å²) in [6.45, 7) is 0.708. The molecule has 6 heteroatoms. The average molecular weight is 317 g/mol. The zero-order chi connectivity index (χ0) is 13.1. The van der Waals surface area contributed by atoms with E-state index in [2.05, 4.69) is 5.32 Å². The minimum Gasteiger partial charge on any atom is -0.389 e. The normalized spacial score (nSPS) is 10.3. The van der Waals surface area contributed by atoms with E-state index < -0.39 is 0 Å². The summed E-state index contributed by atoms with van der Waals surface area (Å²) in [4.78, 5) is 1.46. The van der Waals surface area contributed by atoms with Crippen molar-refractivity contribution in [3.8, 4) is 0 Å². The van der Waals surface area contributed by atoms with Crippen LogP contribution in [-0.4, -0.2) is 4.99 Å². The van der Waals surface area contributed by atoms with Crippen molar-refractivity contribution in [1.82, 2.24) is 0 Å². The molecule has 0 saturated heterocycles. The van der Waals surface area contributed by atoms with Crippen molar-refractivity contribution in [2.75, 3.05) is 5.32 Å². The second-order valence-electron chi connectivity index (χ2n) is 3.62. The molecule has 1 heterocycles. The highest BCUT2D eigenvalue weighted by Crippen LogP contribution is 2.24. The third-order valence-corrected chi connectivity index (χ3v) is 4.09. The first kappa shape index (κ1) is 13.6. The van der Waals surface area contributed by atoms with Crippen LogP contribution in [0.4, 0.5) is 5.69 Å². The van der Waals surface area contributed by atoms with Gasteiger partial charge in [0, 0.05) is 22.7 Å². The smallest absolute Gasteiger partial charge is 0.105 e. The Hall–Kier alpha value is -0.810. The summed E-state index contributed by atoms with van der Waals surface area (Å²) >= 11 is 18.4. The molecule has 0 aliphatic carbocycles. The van der Waals surface area contributed by atoms with E-state index in [0.29, 0.717) is 22.1 Å². The molecule has 0 aliphatic rings. The standard InChI is InChI=1S/C12H10Cl2N2S2/c13-10-5-7(1-3-9(10)12(15)17)16-6-8-2-4-11(14)18-8/h1-5,16H,6H2,(H2,15,17). The number of benzene rings is 1. The number of hydrogen-bond donors (Lipinski definition) is 2. The monoisotopic (exact) mass is 316 g/mol. The van der Waals surface area contributed by atoms with Gasteiger partial charge in [0.25, 0.3) is 0 Å². The van der Waals surface area contributed by atoms with E-state index in [0.717, 1.165) is 14.9 Å². The predicted octanol–water partition coefficient (Wildman–Crippen LogP) is 4.30. The molecule has 0 spiro atoms. The van der Waals surface area contributed by atoms with E-state index in [1.165, 1.54) is 0 Å². The summed E-state index contributed by atoms with van der Waals surface area (Å²) in [6.07, 6.45) is 0. The number of nitrogens with two attached hydrogens (primary N) is 1. The van der Waals surface area contributed by atoms with Gasteiger partial charge < -0.3 is 11.1 Å². The lowest BCUT2D eigenvalue weighted by atomic mass is 10.2. The zero-order valence-electron chi connectivity index (χ0n) is 9.24. The number of thiocarbonyl (C=S) groups is 1. The fourth-order valence-corrected chi connectivity index (χ4v) is 3.00. The van der Waals surface area contributed by atoms with E-state index in [1.807, 2.05) is 30.3 Å². The highest BCUT2D eigenvalue weighted by molar-refractivity contribution is 7.80. The Kier molecular flexibility index (Phi) is 4.45. The maximum absolute atomic E-state index is 6.08. The fourth-order valence-electron chi connectivity index (χ4n) is 1.46. The Morgan fingerprint density at radius 1 is 1.28 bits per heavy atom. The Balaban J connectivity index is 2.06. The van der Waals surface area contributed by atoms with Gasteiger partial charge in [0.15, 0.2) is 0 Å². The summed E-state index contributed by atoms with van der Waals surface area (Å²) in [6, 6.07) is 9.40. The number of anilines is 1. The zero-order valence-corrected chi connectivity index (χ0v) is 12.4. The first-order valence-corrected chi connectivity index (χ1v) is 7.12. The van der Waals surface area contributed by atoms with Crippen LogP contribution in [0.3, 0.4) is 0 Å². The third kappa shape index (κ3) is 3.36. The van der Waals surface area contributed by atoms with E-state index >= 15 is 0 Å². The van der Waals surface area contributed by atoms with Crippen LogP contribution in [0.2, 0.25) is 9.36 Å². The van der Waals surface area contributed by atoms with Crippen LogP contribution in [0.1, 0.15) is 10.4 Å². The molecular formula is C12H10Cl2N2S2. The molecule has 0 saturated carbocycles. The van der Waals surface area contributed by atoms with Crippen LogP contribution in [0.15, 0.2) is 30.3 Å². The van der Waals surface area contributed by atoms with Gasteiger partial charge in [0.05, 0.1) is 9.36 Å². The molecule has 0 amide bonds. The molecule has 3 N–H and O–H groups in total. The van der Waals surface area contributed by atoms with Gasteiger partial charge in [-0.2, -0.15) is 0 Å². The molecule has 2 rings (SSSR count). The summed E-state index contributed by atoms with van der Waals surface area (Å²) in [7, 11) is 0. The topological polar surface area (TPSA) is 38.0 Å². The maximum Gasteiger partial charge on any atom is 0.105 e. The van der Waals surface area contributed by atoms with Crippen molar-refractivity contribution in [3.63, 3.8) is 0 Å². The maximum atomic E-state index is 6.08. The van der Waals surface area contributed by atoms with Gasteiger partial charge in [-0.3, -0.25) is 0 Å². The lowest BCUT2D eigenvalue weighted by molar-refractivity contribution is 1.19. The Morgan fingerprint density at radius 2 is 2.06 bits per heavy atom. The molecule has 0 unspecified atom stereocenters. The average Bonchev–Trinajstić information content (AvgIpc) is 2.72. The highest BCUT2D eigenvalue weighted by atomic mass is 35.5. The van der Waals surface area contributed by atoms with Crippen molar-refractivity contribution in [1.29, 1.82) is 0 Å². The van der Waals surface area contributed by atoms with Crippen LogP contribution < -0.4 is 11.1 Å². The Labute approximate surface area is 125 Å². The summed E-state index contributed by atoms with van der Waals surface area (Å²) < 4.78 is 0.786. The number of hydrogen-bond acceptors (Lipinski definition) is 3. The first-order chi connectivity index (χ1) is 8.56. The first-order valence-electron chi connectivity index (χ1n) is 5.13. The van der Waals surface area contributed by atoms with Gasteiger partial charge in [-0.1, -0.05) is 35.4 Å². The van der Waals surface area contributed by atoms with Gasteiger partial charge in [-0.15, -0.1) is 11.3 Å². The summed E-state index contributed by atoms with van der Waals surface area (Å²) in [5.74, 6) is 0. The fraction of sp³-hybridized carbons (Fsp3) is 0.0833. The van der Waals surface area contributed by atoms with Crippen molar-refractivity contribution >= 4 is 57.4 Å². The predicted molar refractivity (Wildman–Crippen MR) is 84.0 cm³/mol. The third-order valence-electron chi connectivity index (χ3n) is 2.33. The van der Waals surface area contributed by atoms with Gasteiger partial charge in [-0.05, 0) is 30.3 Å². The van der Waals surface area contributed by atoms with Gasteiger partial charge in [0.2, 0.25) is 0 Å². The molecule has 0 aliphatic heterocycles. The van der Waals surface area contributed by atoms with E-state index in [1.54, 1.807) is 11.3 Å². The van der Waals surface area contributed by atoms with E-state index in [4.69, 9.17) is 41.2 Å². The highest BCUT2D eigenvalue weighted by Gasteiger charge is 2.04.